The van der Waals surface area contributed by atoms with Crippen LogP contribution < -0.4 is 0 Å². The summed E-state index contributed by atoms with van der Waals surface area (Å²) in [6.07, 6.45) is 0. The number of azide groups is 1. The molecule has 0 bridgehead atoms. The fourth-order valence-corrected chi connectivity index (χ4v) is 0.630. The molecular formula is C4H6N3OP. The van der Waals surface area contributed by atoms with Crippen LogP contribution in [0.1, 0.15) is 0 Å². The lowest BCUT2D eigenvalue weighted by Crippen LogP contribution is -1.57. The Labute approximate surface area is 52.9 Å². The van der Waals surface area contributed by atoms with E-state index in [-0.39, 0.29) is 0 Å². The molecule has 0 aromatic heterocycles. The van der Waals surface area contributed by atoms with Gasteiger partial charge in [0.1, 0.15) is 0 Å². The summed E-state index contributed by atoms with van der Waals surface area (Å²) in [6.45, 7) is 6.45. The van der Waals surface area contributed by atoms with Gasteiger partial charge in [-0.2, -0.15) is 0 Å². The van der Waals surface area contributed by atoms with Gasteiger partial charge in [-0.25, -0.2) is 0 Å². The Morgan fingerprint density at radius 3 is 2.11 bits per heavy atom. The van der Waals surface area contributed by atoms with Crippen molar-refractivity contribution in [2.24, 2.45) is 4.88 Å². The molecule has 0 fully saturated rings. The summed E-state index contributed by atoms with van der Waals surface area (Å²) >= 11 is 0. The fraction of sp³-hybridized carbons (Fsp3) is 0. The summed E-state index contributed by atoms with van der Waals surface area (Å²) in [4.78, 5) is 5.36. The van der Waals surface area contributed by atoms with E-state index in [1.807, 2.05) is 0 Å². The third-order valence-corrected chi connectivity index (χ3v) is 2.11. The van der Waals surface area contributed by atoms with Crippen molar-refractivity contribution >= 4 is 7.29 Å². The third-order valence-electron chi connectivity index (χ3n) is 0.703. The highest BCUT2D eigenvalue weighted by molar-refractivity contribution is 7.68. The van der Waals surface area contributed by atoms with Crippen LogP contribution in [-0.2, 0) is 4.57 Å². The van der Waals surface area contributed by atoms with Crippen LogP contribution in [-0.4, -0.2) is 0 Å². The number of hydrogen-bond acceptors (Lipinski definition) is 1. The number of hydrogen-bond donors (Lipinski definition) is 0. The maximum Gasteiger partial charge on any atom is 0.213 e. The van der Waals surface area contributed by atoms with Crippen molar-refractivity contribution in [3.05, 3.63) is 35.2 Å². The maximum atomic E-state index is 10.9. The maximum absolute atomic E-state index is 10.9. The second kappa shape index (κ2) is 3.13. The van der Waals surface area contributed by atoms with Gasteiger partial charge in [-0.1, -0.05) is 13.2 Å². The first kappa shape index (κ1) is 8.02. The topological polar surface area (TPSA) is 65.8 Å². The second-order valence-corrected chi connectivity index (χ2v) is 3.47. The predicted octanol–water partition coefficient (Wildman–Crippen LogP) is 2.86. The minimum absolute atomic E-state index is 1.10. The van der Waals surface area contributed by atoms with Gasteiger partial charge in [0.25, 0.3) is 0 Å². The molecule has 0 aromatic carbocycles. The van der Waals surface area contributed by atoms with Crippen LogP contribution in [0.2, 0.25) is 0 Å². The van der Waals surface area contributed by atoms with Crippen molar-refractivity contribution in [3.8, 4) is 0 Å². The van der Waals surface area contributed by atoms with Crippen LogP contribution in [0.3, 0.4) is 0 Å². The highest BCUT2D eigenvalue weighted by Gasteiger charge is 2.06. The van der Waals surface area contributed by atoms with Crippen molar-refractivity contribution in [1.82, 2.24) is 0 Å². The summed E-state index contributed by atoms with van der Waals surface area (Å²) in [6, 6.07) is 0. The highest BCUT2D eigenvalue weighted by Crippen LogP contribution is 2.49. The Balaban J connectivity index is 4.69. The molecule has 0 atom stereocenters. The Bertz CT molecular complexity index is 204. The van der Waals surface area contributed by atoms with E-state index in [0.29, 0.717) is 0 Å². The van der Waals surface area contributed by atoms with Crippen molar-refractivity contribution < 1.29 is 4.57 Å². The summed E-state index contributed by atoms with van der Waals surface area (Å²) < 4.78 is 10.9. The lowest BCUT2D eigenvalue weighted by molar-refractivity contribution is 0.587. The van der Waals surface area contributed by atoms with E-state index < -0.39 is 7.29 Å². The molecule has 0 aliphatic rings. The van der Waals surface area contributed by atoms with Gasteiger partial charge in [0, 0.05) is 4.91 Å². The molecule has 4 nitrogen and oxygen atoms in total. The van der Waals surface area contributed by atoms with Crippen molar-refractivity contribution in [3.63, 3.8) is 0 Å². The quantitative estimate of drug-likeness (QED) is 0.259. The lowest BCUT2D eigenvalue weighted by atomic mass is 11.3. The summed E-state index contributed by atoms with van der Waals surface area (Å²) in [5.41, 5.74) is 7.85. The Morgan fingerprint density at radius 1 is 1.56 bits per heavy atom. The monoisotopic (exact) mass is 143 g/mol. The zero-order chi connectivity index (χ0) is 7.33. The smallest absolute Gasteiger partial charge is 0.213 e. The molecule has 0 aromatic rings. The molecule has 0 aliphatic heterocycles. The minimum atomic E-state index is -2.95. The molecule has 5 heteroatoms. The zero-order valence-corrected chi connectivity index (χ0v) is 5.66. The van der Waals surface area contributed by atoms with Crippen LogP contribution in [0.15, 0.2) is 29.7 Å². The number of nitrogens with zero attached hydrogens (tertiary/aromatic N) is 3. The van der Waals surface area contributed by atoms with Crippen LogP contribution in [0, 0.1) is 0 Å². The zero-order valence-electron chi connectivity index (χ0n) is 4.77. The molecule has 0 radical (unpaired) electrons. The normalized spacial score (nSPS) is 9.33. The molecule has 0 heterocycles. The molecule has 0 spiro atoms. The van der Waals surface area contributed by atoms with Gasteiger partial charge in [-0.3, -0.25) is 0 Å². The van der Waals surface area contributed by atoms with Crippen LogP contribution in [0.5, 0.6) is 0 Å². The first-order valence-corrected chi connectivity index (χ1v) is 3.91. The molecular weight excluding hydrogens is 137 g/mol. The SMILES string of the molecule is C=CP(=O)(C=C)N=[N+]=[N-]. The average Bonchev–Trinajstić information content (AvgIpc) is 1.89. The van der Waals surface area contributed by atoms with Gasteiger partial charge in [-0.15, -0.1) is 0 Å². The average molecular weight is 143 g/mol. The molecule has 0 saturated heterocycles. The van der Waals surface area contributed by atoms with Crippen molar-refractivity contribution in [2.75, 3.05) is 0 Å². The van der Waals surface area contributed by atoms with E-state index in [4.69, 9.17) is 5.53 Å². The molecule has 0 amide bonds. The largest absolute Gasteiger partial charge is 0.308 e. The van der Waals surface area contributed by atoms with Crippen LogP contribution >= 0.6 is 7.29 Å². The fourth-order valence-electron chi connectivity index (χ4n) is 0.210. The van der Waals surface area contributed by atoms with E-state index in [1.165, 1.54) is 0 Å². The van der Waals surface area contributed by atoms with Gasteiger partial charge in [0.2, 0.25) is 7.29 Å². The molecule has 0 aliphatic carbocycles. The molecule has 0 saturated carbocycles. The van der Waals surface area contributed by atoms with Crippen LogP contribution in [0.4, 0.5) is 0 Å². The lowest BCUT2D eigenvalue weighted by Gasteiger charge is -1.93. The second-order valence-electron chi connectivity index (χ2n) is 1.22. The molecule has 0 N–H and O–H groups in total. The molecule has 9 heavy (non-hydrogen) atoms. The van der Waals surface area contributed by atoms with E-state index in [1.54, 1.807) is 0 Å². The van der Waals surface area contributed by atoms with Gasteiger partial charge >= 0.3 is 0 Å². The Kier molecular flexibility index (Phi) is 2.79. The van der Waals surface area contributed by atoms with E-state index in [2.05, 4.69) is 23.0 Å². The van der Waals surface area contributed by atoms with Gasteiger partial charge in [0.05, 0.1) is 0 Å². The summed E-state index contributed by atoms with van der Waals surface area (Å²) in [5.74, 6) is 2.19. The predicted molar refractivity (Wildman–Crippen MR) is 37.1 cm³/mol. The van der Waals surface area contributed by atoms with E-state index in [9.17, 15) is 4.57 Å². The first-order chi connectivity index (χ1) is 4.18. The summed E-state index contributed by atoms with van der Waals surface area (Å²) in [5, 5.41) is 0. The van der Waals surface area contributed by atoms with Crippen molar-refractivity contribution in [1.29, 1.82) is 0 Å². The first-order valence-electron chi connectivity index (χ1n) is 2.12. The minimum Gasteiger partial charge on any atom is -0.308 e. The standard InChI is InChI=1S/C4H6N3OP/c1-3-9(8,4-2)7-6-5/h3-4H,1-2H2. The van der Waals surface area contributed by atoms with Gasteiger partial charge < -0.3 is 4.57 Å². The van der Waals surface area contributed by atoms with Gasteiger partial charge in [0.15, 0.2) is 0 Å². The van der Waals surface area contributed by atoms with E-state index in [0.717, 1.165) is 11.6 Å². The van der Waals surface area contributed by atoms with E-state index >= 15 is 0 Å². The van der Waals surface area contributed by atoms with Crippen LogP contribution in [0.25, 0.3) is 10.4 Å². The molecule has 48 valence electrons. The van der Waals surface area contributed by atoms with Crippen molar-refractivity contribution in [2.45, 2.75) is 0 Å². The highest BCUT2D eigenvalue weighted by atomic mass is 31.2. The van der Waals surface area contributed by atoms with Gasteiger partial charge in [-0.05, 0) is 22.1 Å². The number of rotatable bonds is 3. The molecule has 0 rings (SSSR count). The third kappa shape index (κ3) is 2.17. The Hall–Kier alpha value is -0.980. The Morgan fingerprint density at radius 2 is 2.00 bits per heavy atom. The molecule has 0 unspecified atom stereocenters. The summed E-state index contributed by atoms with van der Waals surface area (Å²) in [7, 11) is -2.95.